The lowest BCUT2D eigenvalue weighted by molar-refractivity contribution is 0.273. The number of fused-ring (bicyclic) bond motifs is 1. The number of halogens is 1. The van der Waals surface area contributed by atoms with Gasteiger partial charge >= 0.3 is 0 Å². The van der Waals surface area contributed by atoms with E-state index in [0.29, 0.717) is 11.8 Å². The van der Waals surface area contributed by atoms with Gasteiger partial charge in [0.25, 0.3) is 0 Å². The average molecular weight is 300 g/mol. The summed E-state index contributed by atoms with van der Waals surface area (Å²) >= 11 is 0. The van der Waals surface area contributed by atoms with Crippen molar-refractivity contribution in [1.82, 2.24) is 4.98 Å². The summed E-state index contributed by atoms with van der Waals surface area (Å²) in [5, 5.41) is 13.3. The number of benzene rings is 1. The van der Waals surface area contributed by atoms with Crippen LogP contribution in [0.4, 0.5) is 10.1 Å². The number of anilines is 1. The molecule has 1 aromatic carbocycles. The number of aliphatic hydroxyl groups is 1. The normalized spacial score (nSPS) is 12.5. The first-order valence-electron chi connectivity index (χ1n) is 7.15. The number of aliphatic hydroxyl groups excluding tert-OH is 1. The second kappa shape index (κ2) is 6.15. The molecular weight excluding hydrogens is 283 g/mol. The van der Waals surface area contributed by atoms with Crippen LogP contribution in [0.2, 0.25) is 0 Å². The first-order valence-corrected chi connectivity index (χ1v) is 7.15. The maximum Gasteiger partial charge on any atom is 0.126 e. The van der Waals surface area contributed by atoms with Crippen LogP contribution in [0.15, 0.2) is 47.1 Å². The van der Waals surface area contributed by atoms with E-state index in [1.54, 1.807) is 18.4 Å². The number of hydrogen-bond donors (Lipinski definition) is 2. The van der Waals surface area contributed by atoms with Crippen LogP contribution in [-0.2, 0) is 0 Å². The Morgan fingerprint density at radius 2 is 2.18 bits per heavy atom. The molecule has 3 aromatic rings. The van der Waals surface area contributed by atoms with Gasteiger partial charge in [0.1, 0.15) is 11.6 Å². The molecule has 0 amide bonds. The van der Waals surface area contributed by atoms with Gasteiger partial charge in [-0.1, -0.05) is 0 Å². The predicted octanol–water partition coefficient (Wildman–Crippen LogP) is 3.81. The van der Waals surface area contributed by atoms with Crippen molar-refractivity contribution >= 4 is 16.6 Å². The summed E-state index contributed by atoms with van der Waals surface area (Å²) < 4.78 is 19.0. The summed E-state index contributed by atoms with van der Waals surface area (Å²) in [6, 6.07) is 9.86. The van der Waals surface area contributed by atoms with Gasteiger partial charge in [0, 0.05) is 23.4 Å². The van der Waals surface area contributed by atoms with Gasteiger partial charge in [-0.15, -0.1) is 0 Å². The lowest BCUT2D eigenvalue weighted by atomic mass is 10.1. The minimum Gasteiger partial charge on any atom is -0.467 e. The fourth-order valence-electron chi connectivity index (χ4n) is 2.54. The summed E-state index contributed by atoms with van der Waals surface area (Å²) in [5.74, 6) is 0.422. The largest absolute Gasteiger partial charge is 0.467 e. The molecule has 22 heavy (non-hydrogen) atoms. The summed E-state index contributed by atoms with van der Waals surface area (Å²) in [4.78, 5) is 4.41. The van der Waals surface area contributed by atoms with Crippen molar-refractivity contribution < 1.29 is 13.9 Å². The Morgan fingerprint density at radius 1 is 1.32 bits per heavy atom. The zero-order chi connectivity index (χ0) is 15.5. The molecule has 0 saturated heterocycles. The van der Waals surface area contributed by atoms with Crippen molar-refractivity contribution in [2.24, 2.45) is 0 Å². The highest BCUT2D eigenvalue weighted by atomic mass is 19.1. The highest BCUT2D eigenvalue weighted by Gasteiger charge is 2.16. The van der Waals surface area contributed by atoms with Gasteiger partial charge in [0.05, 0.1) is 17.8 Å². The van der Waals surface area contributed by atoms with E-state index >= 15 is 0 Å². The van der Waals surface area contributed by atoms with Crippen LogP contribution < -0.4 is 5.32 Å². The fraction of sp³-hybridized carbons (Fsp3) is 0.235. The molecule has 0 aliphatic heterocycles. The zero-order valence-corrected chi connectivity index (χ0v) is 12.2. The number of furan rings is 1. The molecule has 0 aliphatic rings. The van der Waals surface area contributed by atoms with E-state index in [2.05, 4.69) is 10.3 Å². The molecule has 4 nitrogen and oxygen atoms in total. The minimum absolute atomic E-state index is 0.0225. The molecule has 5 heteroatoms. The number of nitrogens with zero attached hydrogens (tertiary/aromatic N) is 1. The third-order valence-corrected chi connectivity index (χ3v) is 3.53. The van der Waals surface area contributed by atoms with E-state index < -0.39 is 0 Å². The van der Waals surface area contributed by atoms with Crippen LogP contribution >= 0.6 is 0 Å². The topological polar surface area (TPSA) is 58.3 Å². The first kappa shape index (κ1) is 14.5. The van der Waals surface area contributed by atoms with Crippen LogP contribution in [0.3, 0.4) is 0 Å². The quantitative estimate of drug-likeness (QED) is 0.752. The molecular formula is C17H17FN2O2. The van der Waals surface area contributed by atoms with Gasteiger partial charge in [0.2, 0.25) is 0 Å². The number of rotatable bonds is 5. The SMILES string of the molecule is Cc1cc(NC(CCO)c2ccco2)c2cc(F)ccc2n1. The summed E-state index contributed by atoms with van der Waals surface area (Å²) in [7, 11) is 0. The molecule has 2 N–H and O–H groups in total. The third kappa shape index (κ3) is 2.94. The van der Waals surface area contributed by atoms with E-state index in [4.69, 9.17) is 4.42 Å². The zero-order valence-electron chi connectivity index (χ0n) is 12.2. The molecule has 3 rings (SSSR count). The predicted molar refractivity (Wildman–Crippen MR) is 83.2 cm³/mol. The van der Waals surface area contributed by atoms with E-state index in [1.165, 1.54) is 12.1 Å². The highest BCUT2D eigenvalue weighted by Crippen LogP contribution is 2.29. The smallest absolute Gasteiger partial charge is 0.126 e. The van der Waals surface area contributed by atoms with Crippen LogP contribution in [0.1, 0.15) is 23.9 Å². The number of aromatic nitrogens is 1. The number of pyridine rings is 1. The van der Waals surface area contributed by atoms with Gasteiger partial charge in [-0.2, -0.15) is 0 Å². The van der Waals surface area contributed by atoms with Crippen molar-refractivity contribution in [1.29, 1.82) is 0 Å². The van der Waals surface area contributed by atoms with E-state index in [0.717, 1.165) is 22.7 Å². The van der Waals surface area contributed by atoms with E-state index in [1.807, 2.05) is 19.1 Å². The average Bonchev–Trinajstić information content (AvgIpc) is 3.01. The molecule has 0 saturated carbocycles. The lowest BCUT2D eigenvalue weighted by Gasteiger charge is -2.19. The van der Waals surface area contributed by atoms with Gasteiger partial charge < -0.3 is 14.8 Å². The molecule has 2 heterocycles. The van der Waals surface area contributed by atoms with Crippen molar-refractivity contribution in [3.8, 4) is 0 Å². The van der Waals surface area contributed by atoms with Crippen molar-refractivity contribution in [3.05, 3.63) is 59.9 Å². The minimum atomic E-state index is -0.307. The maximum absolute atomic E-state index is 13.6. The molecule has 0 bridgehead atoms. The Morgan fingerprint density at radius 3 is 2.91 bits per heavy atom. The van der Waals surface area contributed by atoms with Crippen LogP contribution in [0, 0.1) is 12.7 Å². The van der Waals surface area contributed by atoms with Gasteiger partial charge in [-0.05, 0) is 49.7 Å². The molecule has 0 aliphatic carbocycles. The Kier molecular flexibility index (Phi) is 4.06. The van der Waals surface area contributed by atoms with Crippen LogP contribution in [0.5, 0.6) is 0 Å². The molecule has 114 valence electrons. The highest BCUT2D eigenvalue weighted by molar-refractivity contribution is 5.91. The van der Waals surface area contributed by atoms with E-state index in [-0.39, 0.29) is 18.5 Å². The maximum atomic E-state index is 13.6. The Balaban J connectivity index is 2.03. The Hall–Kier alpha value is -2.40. The van der Waals surface area contributed by atoms with Crippen LogP contribution in [0.25, 0.3) is 10.9 Å². The second-order valence-corrected chi connectivity index (χ2v) is 5.20. The molecule has 0 fully saturated rings. The Bertz CT molecular complexity index is 772. The molecule has 1 unspecified atom stereocenters. The summed E-state index contributed by atoms with van der Waals surface area (Å²) in [6.07, 6.45) is 2.09. The summed E-state index contributed by atoms with van der Waals surface area (Å²) in [5.41, 5.74) is 2.34. The van der Waals surface area contributed by atoms with Gasteiger partial charge in [-0.3, -0.25) is 4.98 Å². The second-order valence-electron chi connectivity index (χ2n) is 5.20. The number of nitrogens with one attached hydrogen (secondary N) is 1. The fourth-order valence-corrected chi connectivity index (χ4v) is 2.54. The Labute approximate surface area is 127 Å². The van der Waals surface area contributed by atoms with Gasteiger partial charge in [0.15, 0.2) is 0 Å². The van der Waals surface area contributed by atoms with Crippen molar-refractivity contribution in [2.75, 3.05) is 11.9 Å². The third-order valence-electron chi connectivity index (χ3n) is 3.53. The van der Waals surface area contributed by atoms with Crippen molar-refractivity contribution in [3.63, 3.8) is 0 Å². The lowest BCUT2D eigenvalue weighted by Crippen LogP contribution is -2.12. The van der Waals surface area contributed by atoms with E-state index in [9.17, 15) is 9.50 Å². The monoisotopic (exact) mass is 300 g/mol. The van der Waals surface area contributed by atoms with Gasteiger partial charge in [-0.25, -0.2) is 4.39 Å². The molecule has 1 atom stereocenters. The number of aryl methyl sites for hydroxylation is 1. The standard InChI is InChI=1S/C17H17FN2O2/c1-11-9-16(13-10-12(18)4-5-14(13)19-11)20-15(6-7-21)17-3-2-8-22-17/h2-5,8-10,15,21H,6-7H2,1H3,(H,19,20). The first-order chi connectivity index (χ1) is 10.7. The molecule has 0 radical (unpaired) electrons. The summed E-state index contributed by atoms with van der Waals surface area (Å²) in [6.45, 7) is 1.91. The number of hydrogen-bond acceptors (Lipinski definition) is 4. The molecule has 0 spiro atoms. The molecule has 2 aromatic heterocycles. The van der Waals surface area contributed by atoms with Crippen LogP contribution in [-0.4, -0.2) is 16.7 Å². The van der Waals surface area contributed by atoms with Crippen molar-refractivity contribution in [2.45, 2.75) is 19.4 Å².